The Kier molecular flexibility index (Phi) is 8.95. The average Bonchev–Trinajstić information content (AvgIpc) is 3.52. The Labute approximate surface area is 225 Å². The first-order chi connectivity index (χ1) is 17.3. The number of hydrogen-bond donors (Lipinski definition) is 3. The van der Waals surface area contributed by atoms with Crippen molar-refractivity contribution in [3.63, 3.8) is 0 Å². The maximum absolute atomic E-state index is 14.1. The quantitative estimate of drug-likeness (QED) is 0.406. The molecule has 4 atom stereocenters. The fourth-order valence-corrected chi connectivity index (χ4v) is 4.80. The lowest BCUT2D eigenvalue weighted by atomic mass is 9.93. The number of rotatable bonds is 8. The van der Waals surface area contributed by atoms with Gasteiger partial charge in [-0.2, -0.15) is 12.6 Å². The van der Waals surface area contributed by atoms with E-state index in [-0.39, 0.29) is 29.5 Å². The summed E-state index contributed by atoms with van der Waals surface area (Å²) >= 11 is 4.37. The highest BCUT2D eigenvalue weighted by Gasteiger charge is 2.48. The van der Waals surface area contributed by atoms with Crippen molar-refractivity contribution in [2.24, 2.45) is 5.92 Å². The van der Waals surface area contributed by atoms with Gasteiger partial charge in [-0.15, -0.1) is 0 Å². The first-order valence-electron chi connectivity index (χ1n) is 12.7. The molecular weight excluding hydrogens is 486 g/mol. The second-order valence-corrected chi connectivity index (χ2v) is 11.3. The lowest BCUT2D eigenvalue weighted by molar-refractivity contribution is -0.141. The summed E-state index contributed by atoms with van der Waals surface area (Å²) in [5.41, 5.74) is 3.52. The molecule has 0 radical (unpaired) electrons. The van der Waals surface area contributed by atoms with Crippen LogP contribution in [0.15, 0.2) is 42.5 Å². The van der Waals surface area contributed by atoms with Crippen LogP contribution in [0.3, 0.4) is 0 Å². The third-order valence-electron chi connectivity index (χ3n) is 6.60. The molecule has 0 saturated heterocycles. The van der Waals surface area contributed by atoms with Crippen LogP contribution in [0.4, 0.5) is 10.5 Å². The van der Waals surface area contributed by atoms with Crippen molar-refractivity contribution in [2.45, 2.75) is 78.6 Å². The first kappa shape index (κ1) is 28.6. The summed E-state index contributed by atoms with van der Waals surface area (Å²) in [5.74, 6) is -0.365. The van der Waals surface area contributed by atoms with Crippen molar-refractivity contribution in [2.75, 3.05) is 11.1 Å². The van der Waals surface area contributed by atoms with Crippen LogP contribution in [0.5, 0.6) is 0 Å². The topological polar surface area (TPSA) is 87.7 Å². The fraction of sp³-hybridized carbons (Fsp3) is 0.483. The molecule has 3 rings (SSSR count). The van der Waals surface area contributed by atoms with E-state index in [9.17, 15) is 14.4 Å². The fourth-order valence-electron chi connectivity index (χ4n) is 4.56. The zero-order valence-corrected chi connectivity index (χ0v) is 23.7. The number of thiol groups is 1. The number of aryl methyl sites for hydroxylation is 3. The molecule has 0 aliphatic heterocycles. The number of alkyl carbamates (subject to hydrolysis) is 1. The number of para-hydroxylation sites is 1. The highest BCUT2D eigenvalue weighted by molar-refractivity contribution is 7.80. The van der Waals surface area contributed by atoms with Gasteiger partial charge >= 0.3 is 6.09 Å². The number of carbonyl (C=O) groups excluding carboxylic acids is 3. The predicted molar refractivity (Wildman–Crippen MR) is 150 cm³/mol. The number of amides is 3. The Morgan fingerprint density at radius 2 is 1.59 bits per heavy atom. The molecule has 2 aromatic carbocycles. The zero-order chi connectivity index (χ0) is 27.5. The Morgan fingerprint density at radius 3 is 2.11 bits per heavy atom. The van der Waals surface area contributed by atoms with Crippen LogP contribution in [-0.4, -0.2) is 46.2 Å². The minimum absolute atomic E-state index is 0.0641. The summed E-state index contributed by atoms with van der Waals surface area (Å²) in [5, 5.41) is 5.73. The third-order valence-corrected chi connectivity index (χ3v) is 6.96. The summed E-state index contributed by atoms with van der Waals surface area (Å²) in [6, 6.07) is 11.4. The van der Waals surface area contributed by atoms with Gasteiger partial charge in [0, 0.05) is 17.5 Å². The predicted octanol–water partition coefficient (Wildman–Crippen LogP) is 5.35. The van der Waals surface area contributed by atoms with E-state index in [0.29, 0.717) is 5.69 Å². The molecule has 1 fully saturated rings. The van der Waals surface area contributed by atoms with E-state index in [2.05, 4.69) is 30.2 Å². The van der Waals surface area contributed by atoms with Gasteiger partial charge in [-0.3, -0.25) is 9.59 Å². The van der Waals surface area contributed by atoms with Gasteiger partial charge < -0.3 is 20.3 Å². The van der Waals surface area contributed by atoms with Gasteiger partial charge in [0.2, 0.25) is 5.91 Å². The summed E-state index contributed by atoms with van der Waals surface area (Å²) < 4.78 is 5.39. The molecule has 1 aliphatic rings. The van der Waals surface area contributed by atoms with Crippen molar-refractivity contribution in [1.29, 1.82) is 0 Å². The maximum Gasteiger partial charge on any atom is 0.408 e. The number of nitrogens with zero attached hydrogens (tertiary/aromatic N) is 1. The van der Waals surface area contributed by atoms with Crippen LogP contribution in [0.1, 0.15) is 62.4 Å². The summed E-state index contributed by atoms with van der Waals surface area (Å²) in [6.45, 7) is 13.2. The number of ether oxygens (including phenoxy) is 1. The van der Waals surface area contributed by atoms with Gasteiger partial charge in [0.15, 0.2) is 0 Å². The summed E-state index contributed by atoms with van der Waals surface area (Å²) in [4.78, 5) is 42.3. The van der Waals surface area contributed by atoms with E-state index >= 15 is 0 Å². The Morgan fingerprint density at radius 1 is 1.03 bits per heavy atom. The Bertz CT molecular complexity index is 1140. The number of nitrogens with one attached hydrogen (secondary N) is 2. The van der Waals surface area contributed by atoms with E-state index in [4.69, 9.17) is 4.74 Å². The van der Waals surface area contributed by atoms with Crippen LogP contribution in [0.25, 0.3) is 0 Å². The third kappa shape index (κ3) is 7.06. The second-order valence-electron chi connectivity index (χ2n) is 10.9. The monoisotopic (exact) mass is 525 g/mol. The smallest absolute Gasteiger partial charge is 0.408 e. The molecule has 2 aromatic rings. The van der Waals surface area contributed by atoms with Gasteiger partial charge in [-0.1, -0.05) is 43.3 Å². The van der Waals surface area contributed by atoms with Crippen molar-refractivity contribution in [1.82, 2.24) is 10.2 Å². The normalized spacial score (nSPS) is 18.4. The molecule has 0 aromatic heterocycles. The Balaban J connectivity index is 2.05. The highest BCUT2D eigenvalue weighted by Crippen LogP contribution is 2.42. The second kappa shape index (κ2) is 11.6. The molecule has 37 heavy (non-hydrogen) atoms. The van der Waals surface area contributed by atoms with Crippen molar-refractivity contribution in [3.05, 3.63) is 64.7 Å². The number of hydrogen-bond acceptors (Lipinski definition) is 5. The van der Waals surface area contributed by atoms with Gasteiger partial charge in [-0.05, 0) is 82.2 Å². The molecule has 4 unspecified atom stereocenters. The van der Waals surface area contributed by atoms with E-state index < -0.39 is 23.8 Å². The van der Waals surface area contributed by atoms with Gasteiger partial charge in [0.05, 0.1) is 0 Å². The van der Waals surface area contributed by atoms with Gasteiger partial charge in [0.1, 0.15) is 17.7 Å². The van der Waals surface area contributed by atoms with Crippen LogP contribution >= 0.6 is 12.6 Å². The molecule has 8 heteroatoms. The number of anilines is 1. The summed E-state index contributed by atoms with van der Waals surface area (Å²) in [6.07, 6.45) is 0.0768. The van der Waals surface area contributed by atoms with E-state index in [1.54, 1.807) is 25.7 Å². The van der Waals surface area contributed by atoms with E-state index in [1.165, 1.54) is 0 Å². The molecule has 0 spiro atoms. The van der Waals surface area contributed by atoms with E-state index in [1.807, 2.05) is 63.2 Å². The highest BCUT2D eigenvalue weighted by atomic mass is 32.1. The molecule has 7 nitrogen and oxygen atoms in total. The minimum Gasteiger partial charge on any atom is -0.444 e. The zero-order valence-electron chi connectivity index (χ0n) is 22.8. The molecule has 2 N–H and O–H groups in total. The molecular formula is C29H39N3O4S. The van der Waals surface area contributed by atoms with E-state index in [0.717, 1.165) is 28.7 Å². The number of carbonyl (C=O) groups is 3. The van der Waals surface area contributed by atoms with Crippen molar-refractivity contribution < 1.29 is 19.1 Å². The molecule has 1 saturated carbocycles. The van der Waals surface area contributed by atoms with Gasteiger partial charge in [0.25, 0.3) is 5.91 Å². The molecule has 1 aliphatic carbocycles. The van der Waals surface area contributed by atoms with Crippen LogP contribution in [0.2, 0.25) is 0 Å². The van der Waals surface area contributed by atoms with Crippen molar-refractivity contribution >= 4 is 36.2 Å². The van der Waals surface area contributed by atoms with Gasteiger partial charge in [-0.25, -0.2) is 4.79 Å². The lowest BCUT2D eigenvalue weighted by Crippen LogP contribution is -2.54. The van der Waals surface area contributed by atoms with Crippen LogP contribution in [0, 0.1) is 26.7 Å². The van der Waals surface area contributed by atoms with Crippen LogP contribution < -0.4 is 10.6 Å². The standard InChI is InChI=1S/C29H39N3O4S/c1-17-11-8-9-14-21(17)30-26(33)25(24-18(2)12-10-13-19(24)3)32(23-15-20(23)4)27(34)22(16-37)31-28(35)36-29(5,6)7/h8-14,20,22-23,25,37H,15-16H2,1-7H3,(H,30,33)(H,31,35). The molecule has 0 heterocycles. The SMILES string of the molecule is Cc1ccccc1NC(=O)C(c1c(C)cccc1C)N(C(=O)C(CS)NC(=O)OC(C)(C)C)C1CC1C. The largest absolute Gasteiger partial charge is 0.444 e. The maximum atomic E-state index is 14.1. The summed E-state index contributed by atoms with van der Waals surface area (Å²) in [7, 11) is 0. The van der Waals surface area contributed by atoms with Crippen LogP contribution in [-0.2, 0) is 14.3 Å². The minimum atomic E-state index is -0.955. The molecule has 200 valence electrons. The number of benzene rings is 2. The molecule has 0 bridgehead atoms. The average molecular weight is 526 g/mol. The van der Waals surface area contributed by atoms with Crippen molar-refractivity contribution in [3.8, 4) is 0 Å². The first-order valence-corrected chi connectivity index (χ1v) is 13.3. The lowest BCUT2D eigenvalue weighted by Gasteiger charge is -2.36. The molecule has 3 amide bonds. The Hall–Kier alpha value is -3.00.